The van der Waals surface area contributed by atoms with Crippen molar-refractivity contribution in [2.75, 3.05) is 0 Å². The van der Waals surface area contributed by atoms with E-state index in [0.717, 1.165) is 0 Å². The van der Waals surface area contributed by atoms with Gasteiger partial charge in [0.05, 0.1) is 18.4 Å². The quantitative estimate of drug-likeness (QED) is 0.549. The van der Waals surface area contributed by atoms with Gasteiger partial charge in [-0.25, -0.2) is 0 Å². The Hall–Kier alpha value is -1.85. The number of ether oxygens (including phenoxy) is 1. The number of carbonyl (C=O) groups is 3. The number of fused-ring (bicyclic) bond motifs is 2. The largest absolute Gasteiger partial charge is 0.481 e. The molecule has 1 aliphatic heterocycles. The predicted octanol–water partition coefficient (Wildman–Crippen LogP) is 0.0835. The topological polar surface area (TPSA) is 92.7 Å². The first-order chi connectivity index (χ1) is 8.40. The number of hydrogen-bond acceptors (Lipinski definition) is 4. The molecule has 1 amide bonds. The maximum Gasteiger partial charge on any atom is 0.310 e. The minimum Gasteiger partial charge on any atom is -0.481 e. The summed E-state index contributed by atoms with van der Waals surface area (Å²) in [6, 6.07) is -0.423. The van der Waals surface area contributed by atoms with Gasteiger partial charge in [-0.3, -0.25) is 14.4 Å². The van der Waals surface area contributed by atoms with Crippen LogP contribution >= 0.6 is 0 Å². The molecular formula is C12H15NO5. The summed E-state index contributed by atoms with van der Waals surface area (Å²) in [7, 11) is 0. The summed E-state index contributed by atoms with van der Waals surface area (Å²) < 4.78 is 5.08. The van der Waals surface area contributed by atoms with Gasteiger partial charge >= 0.3 is 11.9 Å². The maximum atomic E-state index is 11.6. The van der Waals surface area contributed by atoms with Gasteiger partial charge in [0.25, 0.3) is 0 Å². The van der Waals surface area contributed by atoms with E-state index in [1.165, 1.54) is 0 Å². The monoisotopic (exact) mass is 253 g/mol. The van der Waals surface area contributed by atoms with Gasteiger partial charge in [0.2, 0.25) is 5.91 Å². The van der Waals surface area contributed by atoms with E-state index < -0.39 is 30.0 Å². The molecule has 1 saturated carbocycles. The van der Waals surface area contributed by atoms with Gasteiger partial charge < -0.3 is 15.2 Å². The molecule has 1 aliphatic carbocycles. The molecule has 0 aromatic carbocycles. The number of nitrogens with one attached hydrogen (secondary N) is 1. The first kappa shape index (κ1) is 12.6. The van der Waals surface area contributed by atoms with E-state index in [4.69, 9.17) is 9.84 Å². The van der Waals surface area contributed by atoms with Gasteiger partial charge in [-0.05, 0) is 19.3 Å². The zero-order chi connectivity index (χ0) is 13.4. The molecule has 4 atom stereocenters. The lowest BCUT2D eigenvalue weighted by atomic mass is 9.96. The van der Waals surface area contributed by atoms with Crippen molar-refractivity contribution < 1.29 is 24.2 Å². The van der Waals surface area contributed by atoms with Crippen LogP contribution in [0.1, 0.15) is 19.8 Å². The normalized spacial score (nSPS) is 33.7. The molecule has 0 spiro atoms. The second-order valence-electron chi connectivity index (χ2n) is 4.88. The van der Waals surface area contributed by atoms with Crippen LogP contribution in [0.25, 0.3) is 0 Å². The number of hydrogen-bond donors (Lipinski definition) is 2. The van der Waals surface area contributed by atoms with Crippen LogP contribution in [0.4, 0.5) is 0 Å². The van der Waals surface area contributed by atoms with E-state index in [2.05, 4.69) is 11.9 Å². The van der Waals surface area contributed by atoms with E-state index in [-0.39, 0.29) is 18.2 Å². The summed E-state index contributed by atoms with van der Waals surface area (Å²) in [5, 5.41) is 11.8. The van der Waals surface area contributed by atoms with Crippen LogP contribution in [0.5, 0.6) is 0 Å². The average molecular weight is 253 g/mol. The van der Waals surface area contributed by atoms with Crippen molar-refractivity contribution in [2.45, 2.75) is 31.9 Å². The summed E-state index contributed by atoms with van der Waals surface area (Å²) in [4.78, 5) is 34.0. The molecule has 18 heavy (non-hydrogen) atoms. The van der Waals surface area contributed by atoms with Crippen LogP contribution in [0.15, 0.2) is 12.2 Å². The smallest absolute Gasteiger partial charge is 0.310 e. The van der Waals surface area contributed by atoms with Crippen LogP contribution in [0.3, 0.4) is 0 Å². The molecule has 1 heterocycles. The van der Waals surface area contributed by atoms with Crippen molar-refractivity contribution in [3.63, 3.8) is 0 Å². The van der Waals surface area contributed by atoms with Crippen molar-refractivity contribution in [1.29, 1.82) is 0 Å². The van der Waals surface area contributed by atoms with Crippen molar-refractivity contribution in [1.82, 2.24) is 5.32 Å². The zero-order valence-corrected chi connectivity index (χ0v) is 10.0. The predicted molar refractivity (Wildman–Crippen MR) is 60.5 cm³/mol. The van der Waals surface area contributed by atoms with Crippen molar-refractivity contribution >= 4 is 17.8 Å². The molecule has 6 nitrogen and oxygen atoms in total. The van der Waals surface area contributed by atoms with Gasteiger partial charge in [-0.1, -0.05) is 6.58 Å². The average Bonchev–Trinajstić information content (AvgIpc) is 2.49. The van der Waals surface area contributed by atoms with Crippen LogP contribution in [0, 0.1) is 11.8 Å². The third kappa shape index (κ3) is 2.10. The van der Waals surface area contributed by atoms with Crippen molar-refractivity contribution in [3.8, 4) is 0 Å². The standard InChI is InChI=1S/C12H15NO5/c1-5(2)11(15)13-9-6-3-7(12(16)17)10(9)18-8(14)4-6/h6-7,9-10H,1,3-4H2,2H3,(H,13,15)(H,16,17). The van der Waals surface area contributed by atoms with Gasteiger partial charge in [0, 0.05) is 5.57 Å². The van der Waals surface area contributed by atoms with Gasteiger partial charge in [0.15, 0.2) is 0 Å². The summed E-state index contributed by atoms with van der Waals surface area (Å²) in [6.07, 6.45) is -0.258. The molecule has 0 aromatic rings. The molecule has 0 aromatic heterocycles. The minimum atomic E-state index is -0.994. The molecule has 2 N–H and O–H groups in total. The first-order valence-electron chi connectivity index (χ1n) is 5.79. The number of esters is 1. The molecule has 4 unspecified atom stereocenters. The highest BCUT2D eigenvalue weighted by Crippen LogP contribution is 2.40. The molecule has 2 rings (SSSR count). The Balaban J connectivity index is 2.17. The lowest BCUT2D eigenvalue weighted by Crippen LogP contribution is -2.51. The summed E-state index contributed by atoms with van der Waals surface area (Å²) in [5.74, 6) is -2.63. The Bertz CT molecular complexity index is 430. The molecule has 6 heteroatoms. The van der Waals surface area contributed by atoms with E-state index in [1.54, 1.807) is 6.92 Å². The molecular weight excluding hydrogens is 238 g/mol. The summed E-state index contributed by atoms with van der Waals surface area (Å²) in [5.41, 5.74) is 0.346. The third-order valence-corrected chi connectivity index (χ3v) is 3.51. The molecule has 1 saturated heterocycles. The number of aliphatic carboxylic acids is 1. The van der Waals surface area contributed by atoms with E-state index >= 15 is 0 Å². The van der Waals surface area contributed by atoms with Crippen LogP contribution in [0.2, 0.25) is 0 Å². The first-order valence-corrected chi connectivity index (χ1v) is 5.79. The highest BCUT2D eigenvalue weighted by molar-refractivity contribution is 5.92. The zero-order valence-electron chi connectivity index (χ0n) is 10.0. The highest BCUT2D eigenvalue weighted by Gasteiger charge is 2.53. The number of carbonyl (C=O) groups excluding carboxylic acids is 2. The van der Waals surface area contributed by atoms with E-state index in [0.29, 0.717) is 12.0 Å². The van der Waals surface area contributed by atoms with Gasteiger partial charge in [-0.2, -0.15) is 0 Å². The highest BCUT2D eigenvalue weighted by atomic mass is 16.5. The van der Waals surface area contributed by atoms with Crippen LogP contribution < -0.4 is 5.32 Å². The Morgan fingerprint density at radius 1 is 1.50 bits per heavy atom. The molecule has 98 valence electrons. The fraction of sp³-hybridized carbons (Fsp3) is 0.583. The van der Waals surface area contributed by atoms with Gasteiger partial charge in [0.1, 0.15) is 6.10 Å². The number of rotatable bonds is 3. The number of carboxylic acids is 1. The number of carboxylic acid groups (broad SMARTS) is 1. The Labute approximate surface area is 104 Å². The fourth-order valence-electron chi connectivity index (χ4n) is 2.62. The van der Waals surface area contributed by atoms with Crippen molar-refractivity contribution in [3.05, 3.63) is 12.2 Å². The third-order valence-electron chi connectivity index (χ3n) is 3.51. The fourth-order valence-corrected chi connectivity index (χ4v) is 2.62. The molecule has 2 fully saturated rings. The second kappa shape index (κ2) is 4.44. The SMILES string of the molecule is C=C(C)C(=O)NC1C2CC(=O)OC1C(C(=O)O)C2. The Kier molecular flexibility index (Phi) is 3.11. The lowest BCUT2D eigenvalue weighted by Gasteiger charge is -2.30. The Morgan fingerprint density at radius 3 is 2.72 bits per heavy atom. The van der Waals surface area contributed by atoms with Crippen LogP contribution in [-0.4, -0.2) is 35.1 Å². The van der Waals surface area contributed by atoms with Crippen molar-refractivity contribution in [2.24, 2.45) is 11.8 Å². The molecule has 2 aliphatic rings. The number of amides is 1. The minimum absolute atomic E-state index is 0.154. The molecule has 2 bridgehead atoms. The van der Waals surface area contributed by atoms with E-state index in [9.17, 15) is 14.4 Å². The Morgan fingerprint density at radius 2 is 2.17 bits per heavy atom. The van der Waals surface area contributed by atoms with Crippen LogP contribution in [-0.2, 0) is 19.1 Å². The lowest BCUT2D eigenvalue weighted by molar-refractivity contribution is -0.161. The maximum absolute atomic E-state index is 11.6. The summed E-state index contributed by atoms with van der Waals surface area (Å²) >= 11 is 0. The summed E-state index contributed by atoms with van der Waals surface area (Å²) in [6.45, 7) is 5.09. The molecule has 0 radical (unpaired) electrons. The van der Waals surface area contributed by atoms with E-state index in [1.807, 2.05) is 0 Å². The van der Waals surface area contributed by atoms with Gasteiger partial charge in [-0.15, -0.1) is 0 Å². The second-order valence-corrected chi connectivity index (χ2v) is 4.88.